The average molecular weight is 299 g/mol. The number of hydrogen-bond acceptors (Lipinski definition) is 3. The molecule has 0 fully saturated rings. The van der Waals surface area contributed by atoms with Crippen LogP contribution in [0.15, 0.2) is 48.5 Å². The molecule has 3 heteroatoms. The highest BCUT2D eigenvalue weighted by molar-refractivity contribution is 5.37. The molecule has 2 N–H and O–H groups in total. The van der Waals surface area contributed by atoms with Crippen molar-refractivity contribution in [3.63, 3.8) is 0 Å². The Morgan fingerprint density at radius 2 is 1.68 bits per heavy atom. The van der Waals surface area contributed by atoms with Gasteiger partial charge in [-0.25, -0.2) is 0 Å². The van der Waals surface area contributed by atoms with E-state index in [1.54, 1.807) is 7.11 Å². The van der Waals surface area contributed by atoms with Crippen LogP contribution in [-0.2, 0) is 6.42 Å². The van der Waals surface area contributed by atoms with Gasteiger partial charge >= 0.3 is 0 Å². The van der Waals surface area contributed by atoms with Gasteiger partial charge in [0.05, 0.1) is 13.2 Å². The summed E-state index contributed by atoms with van der Waals surface area (Å²) in [6, 6.07) is 16.3. The van der Waals surface area contributed by atoms with E-state index >= 15 is 0 Å². The maximum absolute atomic E-state index is 6.00. The third-order valence-corrected chi connectivity index (χ3v) is 3.67. The van der Waals surface area contributed by atoms with Crippen molar-refractivity contribution in [2.45, 2.75) is 32.3 Å². The molecule has 22 heavy (non-hydrogen) atoms. The predicted molar refractivity (Wildman–Crippen MR) is 90.7 cm³/mol. The fraction of sp³-hybridized carbons (Fsp3) is 0.368. The van der Waals surface area contributed by atoms with Crippen molar-refractivity contribution >= 4 is 0 Å². The molecule has 2 aromatic rings. The Labute approximate surface area is 133 Å². The van der Waals surface area contributed by atoms with Crippen LogP contribution in [0.2, 0.25) is 0 Å². The van der Waals surface area contributed by atoms with Crippen molar-refractivity contribution in [3.8, 4) is 11.5 Å². The van der Waals surface area contributed by atoms with Crippen molar-refractivity contribution in [1.29, 1.82) is 0 Å². The Morgan fingerprint density at radius 3 is 2.27 bits per heavy atom. The first-order valence-electron chi connectivity index (χ1n) is 7.72. The van der Waals surface area contributed by atoms with Crippen molar-refractivity contribution in [2.24, 2.45) is 5.73 Å². The van der Waals surface area contributed by atoms with Gasteiger partial charge in [-0.3, -0.25) is 0 Å². The molecule has 2 aromatic carbocycles. The molecule has 2 rings (SSSR count). The van der Waals surface area contributed by atoms with E-state index in [2.05, 4.69) is 18.2 Å². The van der Waals surface area contributed by atoms with Crippen LogP contribution >= 0.6 is 0 Å². The van der Waals surface area contributed by atoms with Gasteiger partial charge in [0.2, 0.25) is 0 Å². The molecule has 0 saturated carbocycles. The third-order valence-electron chi connectivity index (χ3n) is 3.67. The highest BCUT2D eigenvalue weighted by Gasteiger charge is 2.14. The number of hydrogen-bond donors (Lipinski definition) is 1. The molecular formula is C19H25NO2. The summed E-state index contributed by atoms with van der Waals surface area (Å²) in [7, 11) is 1.68. The minimum atomic E-state index is 0.165. The van der Waals surface area contributed by atoms with Crippen LogP contribution in [0.5, 0.6) is 11.5 Å². The summed E-state index contributed by atoms with van der Waals surface area (Å²) in [4.78, 5) is 0. The molecule has 0 aliphatic rings. The lowest BCUT2D eigenvalue weighted by molar-refractivity contribution is 0.239. The Morgan fingerprint density at radius 1 is 1.00 bits per heavy atom. The van der Waals surface area contributed by atoms with E-state index in [9.17, 15) is 0 Å². The quantitative estimate of drug-likeness (QED) is 0.846. The van der Waals surface area contributed by atoms with Gasteiger partial charge in [-0.15, -0.1) is 0 Å². The summed E-state index contributed by atoms with van der Waals surface area (Å²) in [5.41, 5.74) is 8.42. The Balaban J connectivity index is 2.19. The largest absolute Gasteiger partial charge is 0.497 e. The Kier molecular flexibility index (Phi) is 5.84. The zero-order valence-corrected chi connectivity index (χ0v) is 13.6. The van der Waals surface area contributed by atoms with E-state index in [0.29, 0.717) is 6.54 Å². The fourth-order valence-corrected chi connectivity index (χ4v) is 2.52. The number of methoxy groups -OCH3 is 1. The lowest BCUT2D eigenvalue weighted by Gasteiger charge is -2.19. The minimum Gasteiger partial charge on any atom is -0.497 e. The van der Waals surface area contributed by atoms with E-state index in [0.717, 1.165) is 17.9 Å². The maximum atomic E-state index is 6.00. The number of benzene rings is 2. The second-order valence-electron chi connectivity index (χ2n) is 5.68. The molecule has 0 amide bonds. The number of ether oxygens (including phenoxy) is 2. The molecule has 3 nitrogen and oxygen atoms in total. The molecular weight excluding hydrogens is 274 g/mol. The van der Waals surface area contributed by atoms with Gasteiger partial charge in [-0.2, -0.15) is 0 Å². The summed E-state index contributed by atoms with van der Waals surface area (Å²) < 4.78 is 11.1. The first-order valence-corrected chi connectivity index (χ1v) is 7.72. The van der Waals surface area contributed by atoms with Gasteiger partial charge in [0.15, 0.2) is 0 Å². The smallest absolute Gasteiger partial charge is 0.122 e. The van der Waals surface area contributed by atoms with Gasteiger partial charge in [-0.1, -0.05) is 30.3 Å². The van der Waals surface area contributed by atoms with Crippen LogP contribution in [0.1, 0.15) is 30.9 Å². The normalized spacial score (nSPS) is 12.2. The number of rotatable bonds is 7. The van der Waals surface area contributed by atoms with Crippen LogP contribution in [0, 0.1) is 0 Å². The van der Waals surface area contributed by atoms with Crippen LogP contribution in [0.25, 0.3) is 0 Å². The molecule has 1 unspecified atom stereocenters. The third kappa shape index (κ3) is 4.25. The van der Waals surface area contributed by atoms with Crippen molar-refractivity contribution in [1.82, 2.24) is 0 Å². The molecule has 0 aliphatic carbocycles. The maximum Gasteiger partial charge on any atom is 0.122 e. The molecule has 0 heterocycles. The first-order chi connectivity index (χ1) is 10.6. The van der Waals surface area contributed by atoms with Crippen molar-refractivity contribution in [2.75, 3.05) is 13.7 Å². The van der Waals surface area contributed by atoms with Gasteiger partial charge in [0.25, 0.3) is 0 Å². The first kappa shape index (κ1) is 16.4. The summed E-state index contributed by atoms with van der Waals surface area (Å²) >= 11 is 0. The summed E-state index contributed by atoms with van der Waals surface area (Å²) in [5, 5.41) is 0. The van der Waals surface area contributed by atoms with Gasteiger partial charge in [-0.05, 0) is 56.1 Å². The van der Waals surface area contributed by atoms with Crippen LogP contribution < -0.4 is 15.2 Å². The van der Waals surface area contributed by atoms with Gasteiger partial charge < -0.3 is 15.2 Å². The van der Waals surface area contributed by atoms with Gasteiger partial charge in [0, 0.05) is 5.92 Å². The van der Waals surface area contributed by atoms with E-state index in [4.69, 9.17) is 15.2 Å². The zero-order chi connectivity index (χ0) is 15.9. The SMILES string of the molecule is COc1ccc(C(CN)Cc2ccccc2OC(C)C)cc1. The van der Waals surface area contributed by atoms with E-state index in [1.807, 2.05) is 44.2 Å². The van der Waals surface area contributed by atoms with Crippen LogP contribution in [0.4, 0.5) is 0 Å². The van der Waals surface area contributed by atoms with Crippen molar-refractivity contribution < 1.29 is 9.47 Å². The summed E-state index contributed by atoms with van der Waals surface area (Å²) in [6.07, 6.45) is 1.03. The van der Waals surface area contributed by atoms with Crippen LogP contribution in [-0.4, -0.2) is 19.8 Å². The van der Waals surface area contributed by atoms with E-state index in [1.165, 1.54) is 11.1 Å². The lowest BCUT2D eigenvalue weighted by atomic mass is 9.91. The fourth-order valence-electron chi connectivity index (χ4n) is 2.52. The molecule has 0 aliphatic heterocycles. The average Bonchev–Trinajstić information content (AvgIpc) is 2.53. The van der Waals surface area contributed by atoms with E-state index < -0.39 is 0 Å². The molecule has 0 saturated heterocycles. The van der Waals surface area contributed by atoms with E-state index in [-0.39, 0.29) is 12.0 Å². The zero-order valence-electron chi connectivity index (χ0n) is 13.6. The van der Waals surface area contributed by atoms with Gasteiger partial charge in [0.1, 0.15) is 11.5 Å². The Hall–Kier alpha value is -2.00. The van der Waals surface area contributed by atoms with Crippen molar-refractivity contribution in [3.05, 3.63) is 59.7 Å². The lowest BCUT2D eigenvalue weighted by Crippen LogP contribution is -2.16. The topological polar surface area (TPSA) is 44.5 Å². The molecule has 0 aromatic heterocycles. The van der Waals surface area contributed by atoms with Crippen LogP contribution in [0.3, 0.4) is 0 Å². The number of para-hydroxylation sites is 1. The standard InChI is InChI=1S/C19H25NO2/c1-14(2)22-19-7-5-4-6-16(19)12-17(13-20)15-8-10-18(21-3)11-9-15/h4-11,14,17H,12-13,20H2,1-3H3. The molecule has 0 bridgehead atoms. The molecule has 0 spiro atoms. The Bertz CT molecular complexity index is 578. The predicted octanol–water partition coefficient (Wildman–Crippen LogP) is 3.77. The monoisotopic (exact) mass is 299 g/mol. The highest BCUT2D eigenvalue weighted by atomic mass is 16.5. The molecule has 118 valence electrons. The number of nitrogens with two attached hydrogens (primary N) is 1. The minimum absolute atomic E-state index is 0.165. The second kappa shape index (κ2) is 7.85. The highest BCUT2D eigenvalue weighted by Crippen LogP contribution is 2.27. The second-order valence-corrected chi connectivity index (χ2v) is 5.68. The summed E-state index contributed by atoms with van der Waals surface area (Å²) in [6.45, 7) is 4.68. The summed E-state index contributed by atoms with van der Waals surface area (Å²) in [5.74, 6) is 2.08. The molecule has 0 radical (unpaired) electrons. The molecule has 1 atom stereocenters.